The molecule has 0 amide bonds. The fourth-order valence-corrected chi connectivity index (χ4v) is 2.27. The van der Waals surface area contributed by atoms with Crippen molar-refractivity contribution in [3.8, 4) is 0 Å². The normalized spacial score (nSPS) is 9.06. The Morgan fingerprint density at radius 3 is 2.56 bits per heavy atom. The zero-order chi connectivity index (χ0) is 10.1. The van der Waals surface area contributed by atoms with E-state index >= 15 is 0 Å². The van der Waals surface area contributed by atoms with Gasteiger partial charge in [-0.15, -0.1) is 4.90 Å². The first-order chi connectivity index (χ1) is 6.93. The number of thioether (sulfide) groups is 1. The number of hydrogen-bond donors (Lipinski definition) is 0. The van der Waals surface area contributed by atoms with Crippen LogP contribution in [0.5, 0.6) is 0 Å². The van der Waals surface area contributed by atoms with Gasteiger partial charge in [-0.3, -0.25) is 0 Å². The Morgan fingerprint density at radius 2 is 1.94 bits per heavy atom. The Bertz CT molecular complexity index is 229. The third-order valence-electron chi connectivity index (χ3n) is 2.20. The summed E-state index contributed by atoms with van der Waals surface area (Å²) in [4.78, 5) is 1.35. The van der Waals surface area contributed by atoms with Crippen LogP contribution >= 0.6 is 11.8 Å². The van der Waals surface area contributed by atoms with E-state index in [0.29, 0.717) is 0 Å². The van der Waals surface area contributed by atoms with Gasteiger partial charge in [-0.1, -0.05) is 32.6 Å². The van der Waals surface area contributed by atoms with Gasteiger partial charge in [0.15, 0.2) is 0 Å². The van der Waals surface area contributed by atoms with Gasteiger partial charge in [0.2, 0.25) is 0 Å². The molecule has 0 aliphatic rings. The van der Waals surface area contributed by atoms with Crippen LogP contribution in [0, 0.1) is 6.07 Å². The van der Waals surface area contributed by atoms with Crippen molar-refractivity contribution in [1.82, 2.24) is 0 Å². The van der Waals surface area contributed by atoms with Gasteiger partial charge < -0.3 is 17.0 Å². The predicted octanol–water partition coefficient (Wildman–Crippen LogP) is 1.17. The van der Waals surface area contributed by atoms with E-state index < -0.39 is 0 Å². The largest absolute Gasteiger partial charge is 2.00 e. The van der Waals surface area contributed by atoms with Crippen molar-refractivity contribution in [2.45, 2.75) is 43.9 Å². The Morgan fingerprint density at radius 1 is 1.19 bits per heavy atom. The van der Waals surface area contributed by atoms with Crippen LogP contribution in [0.2, 0.25) is 0 Å². The molecular weight excluding hydrogens is 292 g/mol. The minimum atomic E-state index is 0. The van der Waals surface area contributed by atoms with Gasteiger partial charge in [0, 0.05) is 0 Å². The average molecular weight is 312 g/mol. The Kier molecular flexibility index (Phi) is 16.6. The zero-order valence-electron chi connectivity index (χ0n) is 10.0. The SMILES string of the molecule is CCCCCCCSc1c[c-]ccc1.[Br-].[Mg+2]. The summed E-state index contributed by atoms with van der Waals surface area (Å²) >= 11 is 1.95. The third kappa shape index (κ3) is 10.0. The van der Waals surface area contributed by atoms with Crippen molar-refractivity contribution in [2.24, 2.45) is 0 Å². The molecule has 0 spiro atoms. The van der Waals surface area contributed by atoms with E-state index in [2.05, 4.69) is 31.2 Å². The molecule has 1 rings (SSSR count). The van der Waals surface area contributed by atoms with Gasteiger partial charge in [-0.05, 0) is 12.2 Å². The second-order valence-electron chi connectivity index (χ2n) is 3.50. The Labute approximate surface area is 131 Å². The standard InChI is InChI=1S/C13H19S.BrH.Mg/c1-2-3-4-5-9-12-14-13-10-7-6-8-11-13;;/h6-7,10-11H,2-5,9,12H2,1H3;1H;/q-1;;+2/p-1. The van der Waals surface area contributed by atoms with Crippen molar-refractivity contribution in [2.75, 3.05) is 5.75 Å². The predicted molar refractivity (Wildman–Crippen MR) is 70.5 cm³/mol. The molecule has 0 aliphatic heterocycles. The minimum absolute atomic E-state index is 0. The molecule has 0 bridgehead atoms. The first kappa shape index (κ1) is 19.2. The summed E-state index contributed by atoms with van der Waals surface area (Å²) in [6.45, 7) is 2.26. The second-order valence-corrected chi connectivity index (χ2v) is 4.67. The molecule has 3 heteroatoms. The van der Waals surface area contributed by atoms with Gasteiger partial charge in [-0.25, -0.2) is 0 Å². The average Bonchev–Trinajstić information content (AvgIpc) is 2.25. The molecule has 0 saturated heterocycles. The number of halogens is 1. The van der Waals surface area contributed by atoms with Crippen molar-refractivity contribution in [1.29, 1.82) is 0 Å². The zero-order valence-corrected chi connectivity index (χ0v) is 13.9. The molecule has 0 atom stereocenters. The molecule has 0 radical (unpaired) electrons. The van der Waals surface area contributed by atoms with E-state index in [4.69, 9.17) is 0 Å². The van der Waals surface area contributed by atoms with E-state index in [1.807, 2.05) is 17.8 Å². The fourth-order valence-electron chi connectivity index (χ4n) is 1.36. The van der Waals surface area contributed by atoms with Crippen LogP contribution in [0.15, 0.2) is 29.2 Å². The van der Waals surface area contributed by atoms with Crippen LogP contribution in [0.4, 0.5) is 0 Å². The van der Waals surface area contributed by atoms with Crippen LogP contribution in [0.3, 0.4) is 0 Å². The summed E-state index contributed by atoms with van der Waals surface area (Å²) in [5, 5.41) is 0. The van der Waals surface area contributed by atoms with Crippen LogP contribution < -0.4 is 17.0 Å². The number of unbranched alkanes of at least 4 members (excludes halogenated alkanes) is 4. The van der Waals surface area contributed by atoms with Gasteiger partial charge in [0.25, 0.3) is 0 Å². The summed E-state index contributed by atoms with van der Waals surface area (Å²) < 4.78 is 0. The Hall–Kier alpha value is 0.816. The van der Waals surface area contributed by atoms with Crippen LogP contribution in [0.1, 0.15) is 39.0 Å². The molecule has 0 aliphatic carbocycles. The van der Waals surface area contributed by atoms with Crippen molar-refractivity contribution >= 4 is 34.8 Å². The summed E-state index contributed by atoms with van der Waals surface area (Å²) in [6, 6.07) is 11.3. The summed E-state index contributed by atoms with van der Waals surface area (Å²) in [6.07, 6.45) is 6.86. The number of benzene rings is 1. The number of hydrogen-bond acceptors (Lipinski definition) is 1. The van der Waals surface area contributed by atoms with Crippen molar-refractivity contribution < 1.29 is 17.0 Å². The van der Waals surface area contributed by atoms with Crippen LogP contribution in [0.25, 0.3) is 0 Å². The van der Waals surface area contributed by atoms with Crippen molar-refractivity contribution in [3.05, 3.63) is 30.3 Å². The van der Waals surface area contributed by atoms with Crippen LogP contribution in [-0.2, 0) is 0 Å². The molecule has 0 aromatic heterocycles. The molecule has 0 nitrogen and oxygen atoms in total. The smallest absolute Gasteiger partial charge is 1.00 e. The van der Waals surface area contributed by atoms with Gasteiger partial charge in [0.05, 0.1) is 0 Å². The Balaban J connectivity index is 0. The molecule has 86 valence electrons. The van der Waals surface area contributed by atoms with Gasteiger partial charge in [0.1, 0.15) is 0 Å². The molecule has 0 saturated carbocycles. The fraction of sp³-hybridized carbons (Fsp3) is 0.538. The van der Waals surface area contributed by atoms with Crippen molar-refractivity contribution in [3.63, 3.8) is 0 Å². The molecule has 0 fully saturated rings. The van der Waals surface area contributed by atoms with E-state index in [-0.39, 0.29) is 40.0 Å². The number of rotatable bonds is 7. The summed E-state index contributed by atoms with van der Waals surface area (Å²) in [5.41, 5.74) is 0. The topological polar surface area (TPSA) is 0 Å². The van der Waals surface area contributed by atoms with Gasteiger partial charge >= 0.3 is 23.1 Å². The molecule has 0 unspecified atom stereocenters. The van der Waals surface area contributed by atoms with Crippen LogP contribution in [-0.4, -0.2) is 28.8 Å². The first-order valence-corrected chi connectivity index (χ1v) is 6.51. The van der Waals surface area contributed by atoms with E-state index in [1.54, 1.807) is 0 Å². The minimum Gasteiger partial charge on any atom is -1.00 e. The summed E-state index contributed by atoms with van der Waals surface area (Å²) in [7, 11) is 0. The van der Waals surface area contributed by atoms with Gasteiger partial charge in [-0.2, -0.15) is 42.1 Å². The molecule has 16 heavy (non-hydrogen) atoms. The molecule has 0 heterocycles. The molecule has 0 N–H and O–H groups in total. The second kappa shape index (κ2) is 13.9. The molecule has 1 aromatic carbocycles. The quantitative estimate of drug-likeness (QED) is 0.315. The van der Waals surface area contributed by atoms with E-state index in [9.17, 15) is 0 Å². The van der Waals surface area contributed by atoms with E-state index in [1.165, 1.54) is 42.8 Å². The summed E-state index contributed by atoms with van der Waals surface area (Å²) in [5.74, 6) is 1.25. The molecule has 1 aromatic rings. The first-order valence-electron chi connectivity index (χ1n) is 5.52. The van der Waals surface area contributed by atoms with E-state index in [0.717, 1.165) is 0 Å². The maximum atomic E-state index is 3.10. The third-order valence-corrected chi connectivity index (χ3v) is 3.28. The maximum Gasteiger partial charge on any atom is 2.00 e. The maximum absolute atomic E-state index is 3.10. The molecular formula is C13H19BrMgS. The monoisotopic (exact) mass is 310 g/mol.